The predicted molar refractivity (Wildman–Crippen MR) is 122 cm³/mol. The molecule has 0 atom stereocenters. The number of methoxy groups -OCH3 is 1. The van der Waals surface area contributed by atoms with Crippen molar-refractivity contribution >= 4 is 35.0 Å². The fourth-order valence-electron chi connectivity index (χ4n) is 2.89. The van der Waals surface area contributed by atoms with Gasteiger partial charge in [-0.2, -0.15) is 0 Å². The average Bonchev–Trinajstić information content (AvgIpc) is 3.23. The van der Waals surface area contributed by atoms with Crippen LogP contribution in [0.25, 0.3) is 17.1 Å². The van der Waals surface area contributed by atoms with Crippen LogP contribution in [0.15, 0.2) is 78.2 Å². The second-order valence-electron chi connectivity index (χ2n) is 6.43. The van der Waals surface area contributed by atoms with Gasteiger partial charge in [-0.3, -0.25) is 14.3 Å². The molecule has 9 heteroatoms. The number of nitrogens with zero attached hydrogens (tertiary/aromatic N) is 4. The van der Waals surface area contributed by atoms with E-state index in [4.69, 9.17) is 16.3 Å². The van der Waals surface area contributed by atoms with Crippen LogP contribution in [0.5, 0.6) is 5.75 Å². The van der Waals surface area contributed by atoms with Crippen molar-refractivity contribution < 1.29 is 9.53 Å². The van der Waals surface area contributed by atoms with Crippen molar-refractivity contribution in [3.05, 3.63) is 78.1 Å². The van der Waals surface area contributed by atoms with Gasteiger partial charge in [-0.25, -0.2) is 0 Å². The smallest absolute Gasteiger partial charge is 0.234 e. The van der Waals surface area contributed by atoms with E-state index < -0.39 is 0 Å². The van der Waals surface area contributed by atoms with E-state index in [-0.39, 0.29) is 11.7 Å². The van der Waals surface area contributed by atoms with Crippen LogP contribution < -0.4 is 10.1 Å². The quantitative estimate of drug-likeness (QED) is 0.409. The van der Waals surface area contributed by atoms with Crippen molar-refractivity contribution in [3.63, 3.8) is 0 Å². The standard InChI is InChI=1S/C22H18ClN5O2S/c1-30-19-9-7-17(8-10-19)25-20(29)14-31-22-27-26-21(15-4-3-11-24-13-15)28(22)18-6-2-5-16(23)12-18/h2-13H,14H2,1H3,(H,25,29). The number of aromatic nitrogens is 4. The number of amides is 1. The lowest BCUT2D eigenvalue weighted by Gasteiger charge is -2.11. The summed E-state index contributed by atoms with van der Waals surface area (Å²) in [6, 6.07) is 18.3. The normalized spacial score (nSPS) is 10.6. The number of pyridine rings is 1. The molecule has 0 unspecified atom stereocenters. The van der Waals surface area contributed by atoms with Crippen LogP contribution in [0, 0.1) is 0 Å². The summed E-state index contributed by atoms with van der Waals surface area (Å²) in [5.74, 6) is 1.36. The van der Waals surface area contributed by atoms with Crippen molar-refractivity contribution in [2.45, 2.75) is 5.16 Å². The van der Waals surface area contributed by atoms with Crippen molar-refractivity contribution in [3.8, 4) is 22.8 Å². The van der Waals surface area contributed by atoms with E-state index in [9.17, 15) is 4.79 Å². The Bertz CT molecular complexity index is 1180. The molecule has 0 aliphatic rings. The molecule has 0 saturated heterocycles. The number of thioether (sulfide) groups is 1. The van der Waals surface area contributed by atoms with E-state index in [1.54, 1.807) is 49.8 Å². The second kappa shape index (κ2) is 9.63. The number of benzene rings is 2. The summed E-state index contributed by atoms with van der Waals surface area (Å²) in [4.78, 5) is 16.6. The van der Waals surface area contributed by atoms with Crippen molar-refractivity contribution in [2.24, 2.45) is 0 Å². The minimum atomic E-state index is -0.154. The molecule has 156 valence electrons. The van der Waals surface area contributed by atoms with Gasteiger partial charge in [0.25, 0.3) is 0 Å². The number of nitrogens with one attached hydrogen (secondary N) is 1. The molecule has 31 heavy (non-hydrogen) atoms. The molecular formula is C22H18ClN5O2S. The maximum atomic E-state index is 12.5. The summed E-state index contributed by atoms with van der Waals surface area (Å²) < 4.78 is 7.00. The highest BCUT2D eigenvalue weighted by atomic mass is 35.5. The molecule has 0 spiro atoms. The summed E-state index contributed by atoms with van der Waals surface area (Å²) >= 11 is 7.49. The van der Waals surface area contributed by atoms with Crippen LogP contribution in [0.3, 0.4) is 0 Å². The molecule has 2 heterocycles. The molecular weight excluding hydrogens is 434 g/mol. The van der Waals surface area contributed by atoms with Gasteiger partial charge in [0.1, 0.15) is 5.75 Å². The molecule has 0 fully saturated rings. The third kappa shape index (κ3) is 5.04. The minimum absolute atomic E-state index is 0.154. The zero-order valence-corrected chi connectivity index (χ0v) is 18.1. The molecule has 0 radical (unpaired) electrons. The predicted octanol–water partition coefficient (Wildman–Crippen LogP) is 4.72. The van der Waals surface area contributed by atoms with Crippen LogP contribution in [0.4, 0.5) is 5.69 Å². The molecule has 2 aromatic carbocycles. The molecule has 2 aromatic heterocycles. The fourth-order valence-corrected chi connectivity index (χ4v) is 3.83. The highest BCUT2D eigenvalue weighted by molar-refractivity contribution is 7.99. The lowest BCUT2D eigenvalue weighted by atomic mass is 10.2. The summed E-state index contributed by atoms with van der Waals surface area (Å²) in [7, 11) is 1.60. The van der Waals surface area contributed by atoms with Gasteiger partial charge in [0.05, 0.1) is 18.6 Å². The van der Waals surface area contributed by atoms with E-state index >= 15 is 0 Å². The second-order valence-corrected chi connectivity index (χ2v) is 7.81. The monoisotopic (exact) mass is 451 g/mol. The van der Waals surface area contributed by atoms with Crippen LogP contribution in [0.1, 0.15) is 0 Å². The topological polar surface area (TPSA) is 81.9 Å². The summed E-state index contributed by atoms with van der Waals surface area (Å²) in [6.45, 7) is 0. The van der Waals surface area contributed by atoms with Gasteiger partial charge < -0.3 is 10.1 Å². The molecule has 0 bridgehead atoms. The Morgan fingerprint density at radius 1 is 1.13 bits per heavy atom. The zero-order valence-electron chi connectivity index (χ0n) is 16.5. The van der Waals surface area contributed by atoms with Crippen LogP contribution in [-0.2, 0) is 4.79 Å². The molecule has 4 aromatic rings. The maximum absolute atomic E-state index is 12.5. The number of rotatable bonds is 7. The number of carbonyl (C=O) groups is 1. The van der Waals surface area contributed by atoms with Gasteiger partial charge in [-0.05, 0) is 54.6 Å². The van der Waals surface area contributed by atoms with Crippen LogP contribution >= 0.6 is 23.4 Å². The number of hydrogen-bond donors (Lipinski definition) is 1. The third-order valence-corrected chi connectivity index (χ3v) is 5.49. The van der Waals surface area contributed by atoms with E-state index in [0.717, 1.165) is 17.0 Å². The largest absolute Gasteiger partial charge is 0.497 e. The number of ether oxygens (including phenoxy) is 1. The zero-order chi connectivity index (χ0) is 21.6. The number of hydrogen-bond acceptors (Lipinski definition) is 6. The Balaban J connectivity index is 1.56. The highest BCUT2D eigenvalue weighted by Crippen LogP contribution is 2.29. The van der Waals surface area contributed by atoms with Gasteiger partial charge >= 0.3 is 0 Å². The van der Waals surface area contributed by atoms with Crippen LogP contribution in [-0.4, -0.2) is 38.5 Å². The molecule has 7 nitrogen and oxygen atoms in total. The Labute approximate surface area is 188 Å². The number of anilines is 1. The first kappa shape index (κ1) is 20.9. The summed E-state index contributed by atoms with van der Waals surface area (Å²) in [6.07, 6.45) is 3.42. The Hall–Kier alpha value is -3.36. The van der Waals surface area contributed by atoms with Crippen molar-refractivity contribution in [2.75, 3.05) is 18.2 Å². The van der Waals surface area contributed by atoms with Crippen molar-refractivity contribution in [1.29, 1.82) is 0 Å². The highest BCUT2D eigenvalue weighted by Gasteiger charge is 2.17. The number of halogens is 1. The SMILES string of the molecule is COc1ccc(NC(=O)CSc2nnc(-c3cccnc3)n2-c2cccc(Cl)c2)cc1. The number of carbonyl (C=O) groups excluding carboxylic acids is 1. The maximum Gasteiger partial charge on any atom is 0.234 e. The molecule has 1 amide bonds. The first-order valence-corrected chi connectivity index (χ1v) is 10.7. The van der Waals surface area contributed by atoms with E-state index in [1.807, 2.05) is 34.9 Å². The minimum Gasteiger partial charge on any atom is -0.497 e. The first-order chi connectivity index (χ1) is 15.1. The summed E-state index contributed by atoms with van der Waals surface area (Å²) in [5.41, 5.74) is 2.30. The lowest BCUT2D eigenvalue weighted by molar-refractivity contribution is -0.113. The Morgan fingerprint density at radius 2 is 1.97 bits per heavy atom. The Kier molecular flexibility index (Phi) is 6.49. The first-order valence-electron chi connectivity index (χ1n) is 9.32. The third-order valence-electron chi connectivity index (χ3n) is 4.33. The molecule has 0 aliphatic heterocycles. The molecule has 4 rings (SSSR count). The van der Waals surface area contributed by atoms with Gasteiger partial charge in [-0.15, -0.1) is 10.2 Å². The van der Waals surface area contributed by atoms with Gasteiger partial charge in [0, 0.05) is 28.7 Å². The Morgan fingerprint density at radius 3 is 2.68 bits per heavy atom. The van der Waals surface area contributed by atoms with E-state index in [1.165, 1.54) is 11.8 Å². The van der Waals surface area contributed by atoms with Gasteiger partial charge in [0.15, 0.2) is 11.0 Å². The van der Waals surface area contributed by atoms with Crippen molar-refractivity contribution in [1.82, 2.24) is 19.7 Å². The fraction of sp³-hybridized carbons (Fsp3) is 0.0909. The molecule has 0 aliphatic carbocycles. The van der Waals surface area contributed by atoms with Gasteiger partial charge in [0.2, 0.25) is 5.91 Å². The van der Waals surface area contributed by atoms with Gasteiger partial charge in [-0.1, -0.05) is 29.4 Å². The average molecular weight is 452 g/mol. The molecule has 0 saturated carbocycles. The van der Waals surface area contributed by atoms with E-state index in [0.29, 0.717) is 21.7 Å². The molecule has 1 N–H and O–H groups in total. The lowest BCUT2D eigenvalue weighted by Crippen LogP contribution is -2.14. The summed E-state index contributed by atoms with van der Waals surface area (Å²) in [5, 5.41) is 12.7. The van der Waals surface area contributed by atoms with Crippen LogP contribution in [0.2, 0.25) is 5.02 Å². The van der Waals surface area contributed by atoms with E-state index in [2.05, 4.69) is 20.5 Å².